The lowest BCUT2D eigenvalue weighted by atomic mass is 10.0. The Morgan fingerprint density at radius 1 is 1.06 bits per heavy atom. The first-order valence-corrected chi connectivity index (χ1v) is 6.65. The zero-order valence-corrected chi connectivity index (χ0v) is 11.6. The van der Waals surface area contributed by atoms with Crippen LogP contribution in [0.15, 0.2) is 12.2 Å². The van der Waals surface area contributed by atoms with Gasteiger partial charge in [-0.15, -0.1) is 0 Å². The first kappa shape index (κ1) is 17.5. The molecule has 108 valence electrons. The quantitative estimate of drug-likeness (QED) is 0.220. The molecule has 0 rings (SSSR count). The molecule has 0 heterocycles. The predicted octanol–water partition coefficient (Wildman–Crippen LogP) is 0.176. The summed E-state index contributed by atoms with van der Waals surface area (Å²) >= 11 is 0. The van der Waals surface area contributed by atoms with E-state index in [1.54, 1.807) is 6.08 Å². The number of aliphatic hydroxyl groups is 3. The lowest BCUT2D eigenvalue weighted by Gasteiger charge is -2.20. The van der Waals surface area contributed by atoms with Crippen LogP contribution >= 0.6 is 0 Å². The maximum atomic E-state index is 9.74. The highest BCUT2D eigenvalue weighted by molar-refractivity contribution is 4.89. The third-order valence-electron chi connectivity index (χ3n) is 2.55. The number of hydrogen-bond donors (Lipinski definition) is 5. The van der Waals surface area contributed by atoms with Gasteiger partial charge in [0.25, 0.3) is 0 Å². The van der Waals surface area contributed by atoms with Gasteiger partial charge in [-0.3, -0.25) is 5.32 Å². The zero-order valence-electron chi connectivity index (χ0n) is 11.6. The fraction of sp³-hybridized carbons (Fsp3) is 0.846. The molecular weight excluding hydrogens is 232 g/mol. The van der Waals surface area contributed by atoms with Gasteiger partial charge in [0, 0.05) is 25.0 Å². The fourth-order valence-electron chi connectivity index (χ4n) is 1.55. The van der Waals surface area contributed by atoms with Crippen molar-refractivity contribution in [1.29, 1.82) is 0 Å². The lowest BCUT2D eigenvalue weighted by Crippen LogP contribution is -2.39. The van der Waals surface area contributed by atoms with Crippen molar-refractivity contribution in [3.05, 3.63) is 12.2 Å². The average Bonchev–Trinajstić information content (AvgIpc) is 2.29. The van der Waals surface area contributed by atoms with Crippen LogP contribution in [0.5, 0.6) is 0 Å². The minimum atomic E-state index is -1.43. The Bertz CT molecular complexity index is 220. The molecule has 0 aliphatic heterocycles. The highest BCUT2D eigenvalue weighted by Gasteiger charge is 2.17. The summed E-state index contributed by atoms with van der Waals surface area (Å²) in [4.78, 5) is 0. The van der Waals surface area contributed by atoms with E-state index in [1.165, 1.54) is 0 Å². The van der Waals surface area contributed by atoms with Gasteiger partial charge in [-0.05, 0) is 12.8 Å². The van der Waals surface area contributed by atoms with E-state index in [9.17, 15) is 15.3 Å². The van der Waals surface area contributed by atoms with Crippen molar-refractivity contribution in [3.8, 4) is 0 Å². The summed E-state index contributed by atoms with van der Waals surface area (Å²) in [5, 5.41) is 34.3. The molecule has 0 aromatic heterocycles. The van der Waals surface area contributed by atoms with Crippen LogP contribution in [0.3, 0.4) is 0 Å². The van der Waals surface area contributed by atoms with Gasteiger partial charge in [0.1, 0.15) is 6.23 Å². The van der Waals surface area contributed by atoms with E-state index >= 15 is 0 Å². The fourth-order valence-corrected chi connectivity index (χ4v) is 1.55. The summed E-state index contributed by atoms with van der Waals surface area (Å²) in [6.45, 7) is 7.51. The summed E-state index contributed by atoms with van der Waals surface area (Å²) in [6, 6.07) is 0.420. The van der Waals surface area contributed by atoms with Gasteiger partial charge in [0.2, 0.25) is 0 Å². The molecule has 5 heteroatoms. The predicted molar refractivity (Wildman–Crippen MR) is 72.9 cm³/mol. The third-order valence-corrected chi connectivity index (χ3v) is 2.55. The summed E-state index contributed by atoms with van der Waals surface area (Å²) in [7, 11) is 0. The molecule has 0 aromatic carbocycles. The molecule has 0 saturated carbocycles. The van der Waals surface area contributed by atoms with E-state index in [2.05, 4.69) is 24.5 Å². The van der Waals surface area contributed by atoms with Crippen LogP contribution in [0.1, 0.15) is 33.6 Å². The van der Waals surface area contributed by atoms with E-state index in [4.69, 9.17) is 0 Å². The molecule has 0 fully saturated rings. The molecule has 5 N–H and O–H groups in total. The molecule has 0 spiro atoms. The molecule has 0 bridgehead atoms. The van der Waals surface area contributed by atoms with Crippen LogP contribution in [0.4, 0.5) is 0 Å². The Morgan fingerprint density at radius 2 is 1.67 bits per heavy atom. The van der Waals surface area contributed by atoms with Crippen LogP contribution in [0, 0.1) is 5.92 Å². The van der Waals surface area contributed by atoms with Crippen molar-refractivity contribution in [2.24, 2.45) is 5.92 Å². The van der Waals surface area contributed by atoms with E-state index in [1.807, 2.05) is 13.0 Å². The summed E-state index contributed by atoms with van der Waals surface area (Å²) in [5.41, 5.74) is 0. The van der Waals surface area contributed by atoms with Gasteiger partial charge in [0.05, 0.1) is 0 Å². The normalized spacial score (nSPS) is 15.8. The molecule has 18 heavy (non-hydrogen) atoms. The van der Waals surface area contributed by atoms with E-state index in [0.29, 0.717) is 12.6 Å². The van der Waals surface area contributed by atoms with Crippen molar-refractivity contribution in [1.82, 2.24) is 10.6 Å². The van der Waals surface area contributed by atoms with Crippen molar-refractivity contribution in [3.63, 3.8) is 0 Å². The van der Waals surface area contributed by atoms with Crippen molar-refractivity contribution in [2.75, 3.05) is 13.1 Å². The second kappa shape index (κ2) is 10.5. The molecule has 2 unspecified atom stereocenters. The van der Waals surface area contributed by atoms with Gasteiger partial charge in [0.15, 0.2) is 6.29 Å². The highest BCUT2D eigenvalue weighted by Crippen LogP contribution is 2.11. The monoisotopic (exact) mass is 260 g/mol. The molecular formula is C13H28N2O3. The van der Waals surface area contributed by atoms with Crippen LogP contribution in [0.2, 0.25) is 0 Å². The molecule has 0 amide bonds. The van der Waals surface area contributed by atoms with Gasteiger partial charge in [-0.1, -0.05) is 32.9 Å². The van der Waals surface area contributed by atoms with Crippen molar-refractivity contribution >= 4 is 0 Å². The second-order valence-corrected chi connectivity index (χ2v) is 4.73. The Hall–Kier alpha value is -0.460. The van der Waals surface area contributed by atoms with Gasteiger partial charge in [-0.2, -0.15) is 0 Å². The van der Waals surface area contributed by atoms with Crippen LogP contribution in [0.25, 0.3) is 0 Å². The van der Waals surface area contributed by atoms with Gasteiger partial charge in [-0.25, -0.2) is 0 Å². The molecule has 0 saturated heterocycles. The van der Waals surface area contributed by atoms with E-state index in [0.717, 1.165) is 13.0 Å². The number of rotatable bonds is 10. The topological polar surface area (TPSA) is 84.8 Å². The second-order valence-electron chi connectivity index (χ2n) is 4.73. The van der Waals surface area contributed by atoms with Crippen LogP contribution in [-0.2, 0) is 0 Å². The smallest absolute Gasteiger partial charge is 0.157 e. The SMILES string of the molecule is CCC=CC(CC(O)NCCNC(C)C)C(O)O. The van der Waals surface area contributed by atoms with Gasteiger partial charge < -0.3 is 20.6 Å². The van der Waals surface area contributed by atoms with Gasteiger partial charge >= 0.3 is 0 Å². The molecule has 0 aliphatic carbocycles. The Labute approximate surface area is 110 Å². The number of aliphatic hydroxyl groups excluding tert-OH is 2. The summed E-state index contributed by atoms with van der Waals surface area (Å²) < 4.78 is 0. The molecule has 0 radical (unpaired) electrons. The van der Waals surface area contributed by atoms with E-state index < -0.39 is 18.4 Å². The molecule has 2 atom stereocenters. The highest BCUT2D eigenvalue weighted by atomic mass is 16.5. The number of hydrogen-bond acceptors (Lipinski definition) is 5. The Balaban J connectivity index is 3.87. The first-order valence-electron chi connectivity index (χ1n) is 6.65. The van der Waals surface area contributed by atoms with E-state index in [-0.39, 0.29) is 6.42 Å². The maximum Gasteiger partial charge on any atom is 0.157 e. The molecule has 5 nitrogen and oxygen atoms in total. The third kappa shape index (κ3) is 9.56. The first-order chi connectivity index (χ1) is 8.47. The average molecular weight is 260 g/mol. The standard InChI is InChI=1S/C13H28N2O3/c1-4-5-6-11(13(17)18)9-12(16)15-8-7-14-10(2)3/h5-6,10-18H,4,7-9H2,1-3H3. The van der Waals surface area contributed by atoms with Crippen LogP contribution < -0.4 is 10.6 Å². The Kier molecular flexibility index (Phi) is 10.2. The van der Waals surface area contributed by atoms with Crippen LogP contribution in [-0.4, -0.2) is 47.0 Å². The zero-order chi connectivity index (χ0) is 14.0. The molecule has 0 aromatic rings. The minimum Gasteiger partial charge on any atom is -0.379 e. The summed E-state index contributed by atoms with van der Waals surface area (Å²) in [5.74, 6) is -0.439. The van der Waals surface area contributed by atoms with Crippen molar-refractivity contribution in [2.45, 2.75) is 52.2 Å². The summed E-state index contributed by atoms with van der Waals surface area (Å²) in [6.07, 6.45) is 2.57. The number of allylic oxidation sites excluding steroid dienone is 1. The molecule has 0 aliphatic rings. The Morgan fingerprint density at radius 3 is 2.17 bits per heavy atom. The van der Waals surface area contributed by atoms with Crippen molar-refractivity contribution < 1.29 is 15.3 Å². The largest absolute Gasteiger partial charge is 0.379 e. The minimum absolute atomic E-state index is 0.288. The lowest BCUT2D eigenvalue weighted by molar-refractivity contribution is -0.0818. The number of nitrogens with one attached hydrogen (secondary N) is 2. The maximum absolute atomic E-state index is 9.74.